The van der Waals surface area contributed by atoms with Crippen molar-refractivity contribution in [1.29, 1.82) is 0 Å². The van der Waals surface area contributed by atoms with Gasteiger partial charge in [-0.1, -0.05) is 79.9 Å². The molecule has 2 fully saturated rings. The Kier molecular flexibility index (Phi) is 7.81. The lowest BCUT2D eigenvalue weighted by molar-refractivity contribution is -0.133. The Morgan fingerprint density at radius 1 is 0.812 bits per heavy atom. The molecule has 2 N–H and O–H groups in total. The van der Waals surface area contributed by atoms with Crippen LogP contribution in [0.1, 0.15) is 62.0 Å². The smallest absolute Gasteiger partial charge is 0.315 e. The number of nitrogens with one attached hydrogen (secondary N) is 2. The van der Waals surface area contributed by atoms with Crippen molar-refractivity contribution in [2.75, 3.05) is 19.6 Å². The lowest BCUT2D eigenvalue weighted by Crippen LogP contribution is -2.47. The maximum absolute atomic E-state index is 13.5. The van der Waals surface area contributed by atoms with Gasteiger partial charge in [0.15, 0.2) is 0 Å². The lowest BCUT2D eigenvalue weighted by Gasteiger charge is -2.34. The zero-order chi connectivity index (χ0) is 22.2. The zero-order valence-corrected chi connectivity index (χ0v) is 18.8. The molecule has 2 aliphatic rings. The van der Waals surface area contributed by atoms with Gasteiger partial charge in [-0.05, 0) is 42.7 Å². The first kappa shape index (κ1) is 22.4. The van der Waals surface area contributed by atoms with E-state index in [-0.39, 0.29) is 17.9 Å². The molecule has 0 radical (unpaired) electrons. The normalized spacial score (nSPS) is 17.8. The minimum absolute atomic E-state index is 0.0383. The first-order chi connectivity index (χ1) is 15.7. The van der Waals surface area contributed by atoms with Crippen molar-refractivity contribution < 1.29 is 9.59 Å². The summed E-state index contributed by atoms with van der Waals surface area (Å²) in [5.74, 6) is 0.320. The van der Waals surface area contributed by atoms with Crippen LogP contribution < -0.4 is 10.6 Å². The fraction of sp³-hybridized carbons (Fsp3) is 0.481. The van der Waals surface area contributed by atoms with E-state index >= 15 is 0 Å². The molecule has 0 atom stereocenters. The highest BCUT2D eigenvalue weighted by atomic mass is 16.2. The molecule has 1 aliphatic heterocycles. The predicted octanol–water partition coefficient (Wildman–Crippen LogP) is 4.69. The SMILES string of the molecule is O=C(NCC1CCN(C(=O)C(c2ccccc2)c2ccccc2)CC1)NC1CCCCC1. The molecule has 0 spiro atoms. The number of carbonyl (C=O) groups is 2. The molecule has 2 aromatic carbocycles. The number of rotatable bonds is 6. The van der Waals surface area contributed by atoms with Gasteiger partial charge in [0.25, 0.3) is 0 Å². The van der Waals surface area contributed by atoms with E-state index in [2.05, 4.69) is 10.6 Å². The number of piperidine rings is 1. The van der Waals surface area contributed by atoms with E-state index < -0.39 is 0 Å². The number of amides is 3. The van der Waals surface area contributed by atoms with E-state index in [0.717, 1.165) is 49.9 Å². The summed E-state index contributed by atoms with van der Waals surface area (Å²) in [7, 11) is 0. The maximum atomic E-state index is 13.5. The first-order valence-corrected chi connectivity index (χ1v) is 12.1. The van der Waals surface area contributed by atoms with Gasteiger partial charge in [-0.3, -0.25) is 4.79 Å². The van der Waals surface area contributed by atoms with Gasteiger partial charge in [0.2, 0.25) is 5.91 Å². The summed E-state index contributed by atoms with van der Waals surface area (Å²) in [6.45, 7) is 2.17. The number of likely N-dealkylation sites (tertiary alicyclic amines) is 1. The monoisotopic (exact) mass is 433 g/mol. The molecule has 5 heteroatoms. The Labute approximate surface area is 191 Å². The maximum Gasteiger partial charge on any atom is 0.315 e. The van der Waals surface area contributed by atoms with Gasteiger partial charge >= 0.3 is 6.03 Å². The number of benzene rings is 2. The van der Waals surface area contributed by atoms with Crippen LogP contribution in [0, 0.1) is 5.92 Å². The third-order valence-electron chi connectivity index (χ3n) is 6.93. The number of urea groups is 1. The Hall–Kier alpha value is -2.82. The summed E-state index contributed by atoms with van der Waals surface area (Å²) in [5, 5.41) is 6.19. The molecule has 5 nitrogen and oxygen atoms in total. The molecule has 32 heavy (non-hydrogen) atoms. The Bertz CT molecular complexity index is 817. The molecule has 1 saturated heterocycles. The van der Waals surface area contributed by atoms with E-state index in [0.29, 0.717) is 18.5 Å². The molecule has 1 saturated carbocycles. The van der Waals surface area contributed by atoms with Crippen molar-refractivity contribution in [3.05, 3.63) is 71.8 Å². The second-order valence-electron chi connectivity index (χ2n) is 9.21. The van der Waals surface area contributed by atoms with E-state index in [1.165, 1.54) is 19.3 Å². The van der Waals surface area contributed by atoms with Crippen LogP contribution in [0.3, 0.4) is 0 Å². The molecule has 1 aliphatic carbocycles. The average molecular weight is 434 g/mol. The van der Waals surface area contributed by atoms with Crippen molar-refractivity contribution in [2.24, 2.45) is 5.92 Å². The van der Waals surface area contributed by atoms with Crippen molar-refractivity contribution in [2.45, 2.75) is 56.9 Å². The van der Waals surface area contributed by atoms with Gasteiger partial charge in [-0.2, -0.15) is 0 Å². The highest BCUT2D eigenvalue weighted by Gasteiger charge is 2.30. The van der Waals surface area contributed by atoms with E-state index in [1.54, 1.807) is 0 Å². The molecule has 1 heterocycles. The summed E-state index contributed by atoms with van der Waals surface area (Å²) in [6.07, 6.45) is 7.74. The second-order valence-corrected chi connectivity index (χ2v) is 9.21. The summed E-state index contributed by atoms with van der Waals surface area (Å²) < 4.78 is 0. The van der Waals surface area contributed by atoms with Crippen LogP contribution >= 0.6 is 0 Å². The van der Waals surface area contributed by atoms with Gasteiger partial charge < -0.3 is 15.5 Å². The highest BCUT2D eigenvalue weighted by Crippen LogP contribution is 2.29. The molecule has 170 valence electrons. The number of nitrogens with zero attached hydrogens (tertiary/aromatic N) is 1. The summed E-state index contributed by atoms with van der Waals surface area (Å²) in [4.78, 5) is 27.8. The van der Waals surface area contributed by atoms with Crippen LogP contribution in [0.4, 0.5) is 4.79 Å². The molecule has 0 unspecified atom stereocenters. The topological polar surface area (TPSA) is 61.4 Å². The minimum Gasteiger partial charge on any atom is -0.342 e. The predicted molar refractivity (Wildman–Crippen MR) is 127 cm³/mol. The molecule has 3 amide bonds. The molecular formula is C27H35N3O2. The molecule has 2 aromatic rings. The fourth-order valence-electron chi connectivity index (χ4n) is 5.03. The van der Waals surface area contributed by atoms with E-state index in [1.807, 2.05) is 65.6 Å². The van der Waals surface area contributed by atoms with Gasteiger partial charge in [0.1, 0.15) is 0 Å². The minimum atomic E-state index is -0.270. The summed E-state index contributed by atoms with van der Waals surface area (Å²) in [5.41, 5.74) is 2.07. The van der Waals surface area contributed by atoms with Gasteiger partial charge in [-0.15, -0.1) is 0 Å². The number of carbonyl (C=O) groups excluding carboxylic acids is 2. The van der Waals surface area contributed by atoms with Gasteiger partial charge in [0.05, 0.1) is 5.92 Å². The largest absolute Gasteiger partial charge is 0.342 e. The van der Waals surface area contributed by atoms with E-state index in [9.17, 15) is 9.59 Å². The number of hydrogen-bond donors (Lipinski definition) is 2. The second kappa shape index (κ2) is 11.2. The molecule has 0 bridgehead atoms. The van der Waals surface area contributed by atoms with Crippen molar-refractivity contribution >= 4 is 11.9 Å². The Balaban J connectivity index is 1.29. The summed E-state index contributed by atoms with van der Waals surface area (Å²) >= 11 is 0. The van der Waals surface area contributed by atoms with Crippen LogP contribution in [0.25, 0.3) is 0 Å². The molecule has 4 rings (SSSR count). The average Bonchev–Trinajstić information content (AvgIpc) is 2.85. The third-order valence-corrected chi connectivity index (χ3v) is 6.93. The van der Waals surface area contributed by atoms with Gasteiger partial charge in [-0.25, -0.2) is 4.79 Å². The third kappa shape index (κ3) is 5.90. The fourth-order valence-corrected chi connectivity index (χ4v) is 5.03. The molecular weight excluding hydrogens is 398 g/mol. The van der Waals surface area contributed by atoms with Crippen LogP contribution in [0.5, 0.6) is 0 Å². The summed E-state index contributed by atoms with van der Waals surface area (Å²) in [6, 6.07) is 20.4. The first-order valence-electron chi connectivity index (χ1n) is 12.1. The van der Waals surface area contributed by atoms with Crippen LogP contribution in [0.15, 0.2) is 60.7 Å². The van der Waals surface area contributed by atoms with E-state index in [4.69, 9.17) is 0 Å². The number of hydrogen-bond acceptors (Lipinski definition) is 2. The van der Waals surface area contributed by atoms with Crippen molar-refractivity contribution in [3.8, 4) is 0 Å². The van der Waals surface area contributed by atoms with Crippen molar-refractivity contribution in [1.82, 2.24) is 15.5 Å². The van der Waals surface area contributed by atoms with Crippen LogP contribution in [-0.4, -0.2) is 42.5 Å². The van der Waals surface area contributed by atoms with Gasteiger partial charge in [0, 0.05) is 25.7 Å². The lowest BCUT2D eigenvalue weighted by atomic mass is 9.88. The quantitative estimate of drug-likeness (QED) is 0.694. The Morgan fingerprint density at radius 2 is 1.38 bits per heavy atom. The molecule has 0 aromatic heterocycles. The standard InChI is InChI=1S/C27H35N3O2/c31-26(25(22-10-4-1-5-11-22)23-12-6-2-7-13-23)30-18-16-21(17-19-30)20-28-27(32)29-24-14-8-3-9-15-24/h1-2,4-7,10-13,21,24-25H,3,8-9,14-20H2,(H2,28,29,32). The zero-order valence-electron chi connectivity index (χ0n) is 18.8. The Morgan fingerprint density at radius 3 is 1.94 bits per heavy atom. The van der Waals surface area contributed by atoms with Crippen molar-refractivity contribution in [3.63, 3.8) is 0 Å². The van der Waals surface area contributed by atoms with Crippen LogP contribution in [-0.2, 0) is 4.79 Å². The highest BCUT2D eigenvalue weighted by molar-refractivity contribution is 5.87. The van der Waals surface area contributed by atoms with Crippen LogP contribution in [0.2, 0.25) is 0 Å².